The zero-order valence-electron chi connectivity index (χ0n) is 11.1. The maximum atomic E-state index is 13.0. The summed E-state index contributed by atoms with van der Waals surface area (Å²) < 4.78 is 13.0. The quantitative estimate of drug-likeness (QED) is 0.909. The molecule has 2 aromatic rings. The van der Waals surface area contributed by atoms with Crippen molar-refractivity contribution < 1.29 is 4.39 Å². The van der Waals surface area contributed by atoms with E-state index in [1.807, 2.05) is 0 Å². The van der Waals surface area contributed by atoms with Crippen molar-refractivity contribution in [1.82, 2.24) is 20.3 Å². The van der Waals surface area contributed by atoms with Gasteiger partial charge in [0.2, 0.25) is 0 Å². The number of pyridine rings is 1. The Balaban J connectivity index is 1.83. The zero-order chi connectivity index (χ0) is 13.5. The van der Waals surface area contributed by atoms with E-state index in [0.717, 1.165) is 25.2 Å². The molecule has 2 aromatic heterocycles. The van der Waals surface area contributed by atoms with E-state index in [-0.39, 0.29) is 5.82 Å². The molecule has 1 aliphatic heterocycles. The molecule has 0 atom stereocenters. The standard InChI is InChI=1S/C15H15FN4/c16-10-3-4-13(18-7-10)15-19-12-5-6-17-8-11(12)14(20-15)9-1-2-9/h3-4,7,9,17H,1-2,5-6,8H2. The SMILES string of the molecule is Fc1ccc(-c2nc3c(c(C4CC4)n2)CNCC3)nc1. The number of hydrogen-bond donors (Lipinski definition) is 1. The van der Waals surface area contributed by atoms with Crippen molar-refractivity contribution in [1.29, 1.82) is 0 Å². The second kappa shape index (κ2) is 4.59. The highest BCUT2D eigenvalue weighted by atomic mass is 19.1. The van der Waals surface area contributed by atoms with Gasteiger partial charge in [-0.15, -0.1) is 0 Å². The molecule has 1 fully saturated rings. The van der Waals surface area contributed by atoms with E-state index in [4.69, 9.17) is 4.98 Å². The Bertz CT molecular complexity index is 650. The van der Waals surface area contributed by atoms with Crippen molar-refractivity contribution in [2.75, 3.05) is 6.54 Å². The van der Waals surface area contributed by atoms with Gasteiger partial charge in [0.05, 0.1) is 17.6 Å². The third kappa shape index (κ3) is 2.08. The van der Waals surface area contributed by atoms with Gasteiger partial charge < -0.3 is 5.32 Å². The normalized spacial score (nSPS) is 17.9. The summed E-state index contributed by atoms with van der Waals surface area (Å²) in [6.45, 7) is 1.81. The van der Waals surface area contributed by atoms with Gasteiger partial charge in [-0.2, -0.15) is 0 Å². The van der Waals surface area contributed by atoms with Crippen LogP contribution in [0.15, 0.2) is 18.3 Å². The zero-order valence-corrected chi connectivity index (χ0v) is 11.1. The number of fused-ring (bicyclic) bond motifs is 1. The van der Waals surface area contributed by atoms with Crippen molar-refractivity contribution in [3.8, 4) is 11.5 Å². The maximum Gasteiger partial charge on any atom is 0.178 e. The molecular weight excluding hydrogens is 255 g/mol. The Morgan fingerprint density at radius 1 is 1.20 bits per heavy atom. The van der Waals surface area contributed by atoms with Crippen LogP contribution in [0, 0.1) is 5.82 Å². The van der Waals surface area contributed by atoms with Gasteiger partial charge in [-0.25, -0.2) is 19.3 Å². The first-order chi connectivity index (χ1) is 9.81. The molecule has 0 spiro atoms. The summed E-state index contributed by atoms with van der Waals surface area (Å²) in [7, 11) is 0. The second-order valence-corrected chi connectivity index (χ2v) is 5.42. The highest BCUT2D eigenvalue weighted by molar-refractivity contribution is 5.51. The van der Waals surface area contributed by atoms with Crippen molar-refractivity contribution in [3.05, 3.63) is 41.1 Å². The molecule has 0 aromatic carbocycles. The third-order valence-electron chi connectivity index (χ3n) is 3.89. The Hall–Kier alpha value is -1.88. The molecule has 1 saturated carbocycles. The minimum Gasteiger partial charge on any atom is -0.312 e. The van der Waals surface area contributed by atoms with Crippen LogP contribution in [-0.2, 0) is 13.0 Å². The molecule has 0 saturated heterocycles. The molecule has 0 amide bonds. The predicted octanol–water partition coefficient (Wildman–Crippen LogP) is 2.20. The molecule has 5 heteroatoms. The van der Waals surface area contributed by atoms with Gasteiger partial charge in [0, 0.05) is 31.0 Å². The highest BCUT2D eigenvalue weighted by Crippen LogP contribution is 2.42. The minimum absolute atomic E-state index is 0.335. The Kier molecular flexibility index (Phi) is 2.73. The molecule has 102 valence electrons. The van der Waals surface area contributed by atoms with E-state index in [1.54, 1.807) is 6.07 Å². The summed E-state index contributed by atoms with van der Waals surface area (Å²) >= 11 is 0. The van der Waals surface area contributed by atoms with Crippen LogP contribution < -0.4 is 5.32 Å². The molecule has 0 bridgehead atoms. The average Bonchev–Trinajstić information content (AvgIpc) is 3.31. The Morgan fingerprint density at radius 3 is 2.85 bits per heavy atom. The largest absolute Gasteiger partial charge is 0.312 e. The average molecular weight is 270 g/mol. The van der Waals surface area contributed by atoms with Crippen LogP contribution in [-0.4, -0.2) is 21.5 Å². The first kappa shape index (κ1) is 11.9. The number of nitrogens with zero attached hydrogens (tertiary/aromatic N) is 3. The summed E-state index contributed by atoms with van der Waals surface area (Å²) in [5, 5.41) is 3.39. The number of halogens is 1. The van der Waals surface area contributed by atoms with E-state index >= 15 is 0 Å². The molecule has 2 aliphatic rings. The van der Waals surface area contributed by atoms with Gasteiger partial charge in [-0.3, -0.25) is 0 Å². The van der Waals surface area contributed by atoms with E-state index in [9.17, 15) is 4.39 Å². The predicted molar refractivity (Wildman–Crippen MR) is 72.6 cm³/mol. The summed E-state index contributed by atoms with van der Waals surface area (Å²) in [6, 6.07) is 3.05. The molecule has 4 rings (SSSR count). The smallest absolute Gasteiger partial charge is 0.178 e. The molecule has 1 N–H and O–H groups in total. The number of aromatic nitrogens is 3. The van der Waals surface area contributed by atoms with Gasteiger partial charge in [-0.1, -0.05) is 0 Å². The molecule has 0 radical (unpaired) electrons. The van der Waals surface area contributed by atoms with Crippen LogP contribution in [0.4, 0.5) is 4.39 Å². The van der Waals surface area contributed by atoms with Gasteiger partial charge in [0.15, 0.2) is 5.82 Å². The van der Waals surface area contributed by atoms with E-state index < -0.39 is 0 Å². The lowest BCUT2D eigenvalue weighted by Crippen LogP contribution is -2.26. The fourth-order valence-corrected chi connectivity index (χ4v) is 2.69. The second-order valence-electron chi connectivity index (χ2n) is 5.42. The lowest BCUT2D eigenvalue weighted by atomic mass is 10.0. The summed E-state index contributed by atoms with van der Waals surface area (Å²) in [5.41, 5.74) is 4.21. The first-order valence-corrected chi connectivity index (χ1v) is 7.03. The fourth-order valence-electron chi connectivity index (χ4n) is 2.69. The van der Waals surface area contributed by atoms with Gasteiger partial charge >= 0.3 is 0 Å². The molecule has 20 heavy (non-hydrogen) atoms. The fraction of sp³-hybridized carbons (Fsp3) is 0.400. The number of nitrogens with one attached hydrogen (secondary N) is 1. The van der Waals surface area contributed by atoms with Gasteiger partial charge in [-0.05, 0) is 25.0 Å². The lowest BCUT2D eigenvalue weighted by molar-refractivity contribution is 0.616. The monoisotopic (exact) mass is 270 g/mol. The van der Waals surface area contributed by atoms with Gasteiger partial charge in [0.1, 0.15) is 11.5 Å². The summed E-state index contributed by atoms with van der Waals surface area (Å²) in [4.78, 5) is 13.5. The van der Waals surface area contributed by atoms with Crippen LogP contribution in [0.1, 0.15) is 35.7 Å². The van der Waals surface area contributed by atoms with Crippen molar-refractivity contribution in [2.45, 2.75) is 31.7 Å². The third-order valence-corrected chi connectivity index (χ3v) is 3.89. The van der Waals surface area contributed by atoms with Crippen molar-refractivity contribution >= 4 is 0 Å². The molecular formula is C15H15FN4. The lowest BCUT2D eigenvalue weighted by Gasteiger charge is -2.20. The molecule has 1 aliphatic carbocycles. The van der Waals surface area contributed by atoms with Crippen LogP contribution >= 0.6 is 0 Å². The van der Waals surface area contributed by atoms with Crippen LogP contribution in [0.2, 0.25) is 0 Å². The molecule has 3 heterocycles. The van der Waals surface area contributed by atoms with Crippen LogP contribution in [0.3, 0.4) is 0 Å². The van der Waals surface area contributed by atoms with E-state index in [0.29, 0.717) is 17.4 Å². The molecule has 0 unspecified atom stereocenters. The minimum atomic E-state index is -0.335. The highest BCUT2D eigenvalue weighted by Gasteiger charge is 2.30. The topological polar surface area (TPSA) is 50.7 Å². The Morgan fingerprint density at radius 2 is 2.10 bits per heavy atom. The molecule has 4 nitrogen and oxygen atoms in total. The van der Waals surface area contributed by atoms with Crippen molar-refractivity contribution in [2.24, 2.45) is 0 Å². The van der Waals surface area contributed by atoms with E-state index in [1.165, 1.54) is 36.4 Å². The van der Waals surface area contributed by atoms with Crippen LogP contribution in [0.25, 0.3) is 11.5 Å². The summed E-state index contributed by atoms with van der Waals surface area (Å²) in [6.07, 6.45) is 4.56. The maximum absolute atomic E-state index is 13.0. The summed E-state index contributed by atoms with van der Waals surface area (Å²) in [5.74, 6) is 0.872. The first-order valence-electron chi connectivity index (χ1n) is 7.03. The number of hydrogen-bond acceptors (Lipinski definition) is 4. The van der Waals surface area contributed by atoms with Crippen molar-refractivity contribution in [3.63, 3.8) is 0 Å². The van der Waals surface area contributed by atoms with Gasteiger partial charge in [0.25, 0.3) is 0 Å². The Labute approximate surface area is 116 Å². The van der Waals surface area contributed by atoms with Crippen LogP contribution in [0.5, 0.6) is 0 Å². The number of rotatable bonds is 2. The van der Waals surface area contributed by atoms with E-state index in [2.05, 4.69) is 15.3 Å².